The van der Waals surface area contributed by atoms with E-state index < -0.39 is 0 Å². The fourth-order valence-electron chi connectivity index (χ4n) is 2.92. The fourth-order valence-corrected chi connectivity index (χ4v) is 3.30. The molecule has 1 heterocycles. The van der Waals surface area contributed by atoms with Crippen LogP contribution >= 0.6 is 15.9 Å². The van der Waals surface area contributed by atoms with Crippen LogP contribution in [0, 0.1) is 11.7 Å². The summed E-state index contributed by atoms with van der Waals surface area (Å²) in [6.45, 7) is 1.04. The van der Waals surface area contributed by atoms with Crippen LogP contribution in [0.25, 0.3) is 0 Å². The molecule has 6 heteroatoms. The topological polar surface area (TPSA) is 49.4 Å². The summed E-state index contributed by atoms with van der Waals surface area (Å²) >= 11 is 3.41. The van der Waals surface area contributed by atoms with Gasteiger partial charge in [0.1, 0.15) is 5.82 Å². The van der Waals surface area contributed by atoms with Crippen LogP contribution in [0.1, 0.15) is 23.2 Å². The van der Waals surface area contributed by atoms with Crippen LogP contribution in [-0.2, 0) is 4.79 Å². The maximum absolute atomic E-state index is 13.0. The molecule has 3 rings (SSSR count). The van der Waals surface area contributed by atoms with Crippen LogP contribution < -0.4 is 5.32 Å². The van der Waals surface area contributed by atoms with Gasteiger partial charge in [-0.1, -0.05) is 12.1 Å². The minimum atomic E-state index is -0.362. The van der Waals surface area contributed by atoms with E-state index in [0.29, 0.717) is 31.5 Å². The van der Waals surface area contributed by atoms with Gasteiger partial charge < -0.3 is 10.2 Å². The second kappa shape index (κ2) is 7.78. The zero-order valence-corrected chi connectivity index (χ0v) is 15.1. The van der Waals surface area contributed by atoms with Crippen molar-refractivity contribution in [2.75, 3.05) is 18.4 Å². The second-order valence-electron chi connectivity index (χ2n) is 6.04. The van der Waals surface area contributed by atoms with Crippen LogP contribution in [0.5, 0.6) is 0 Å². The number of rotatable bonds is 3. The average Bonchev–Trinajstić information content (AvgIpc) is 2.64. The minimum Gasteiger partial charge on any atom is -0.339 e. The molecule has 1 aliphatic rings. The Morgan fingerprint density at radius 3 is 2.32 bits per heavy atom. The maximum atomic E-state index is 13.0. The van der Waals surface area contributed by atoms with Crippen LogP contribution in [0.3, 0.4) is 0 Å². The molecule has 0 unspecified atom stereocenters. The molecule has 0 radical (unpaired) electrons. The Balaban J connectivity index is 1.56. The van der Waals surface area contributed by atoms with E-state index in [4.69, 9.17) is 0 Å². The number of hydrogen-bond donors (Lipinski definition) is 1. The molecule has 0 spiro atoms. The summed E-state index contributed by atoms with van der Waals surface area (Å²) in [6, 6.07) is 13.0. The highest BCUT2D eigenvalue weighted by atomic mass is 79.9. The van der Waals surface area contributed by atoms with E-state index in [-0.39, 0.29) is 23.5 Å². The van der Waals surface area contributed by atoms with Gasteiger partial charge in [0.25, 0.3) is 5.91 Å². The van der Waals surface area contributed by atoms with Crippen LogP contribution in [0.4, 0.5) is 10.1 Å². The van der Waals surface area contributed by atoms with Crippen LogP contribution in [-0.4, -0.2) is 29.8 Å². The first kappa shape index (κ1) is 17.6. The summed E-state index contributed by atoms with van der Waals surface area (Å²) in [6.07, 6.45) is 1.23. The zero-order valence-electron chi connectivity index (χ0n) is 13.5. The number of carbonyl (C=O) groups is 2. The molecule has 0 saturated carbocycles. The summed E-state index contributed by atoms with van der Waals surface area (Å²) in [5, 5.41) is 2.93. The quantitative estimate of drug-likeness (QED) is 0.837. The molecule has 25 heavy (non-hydrogen) atoms. The number of anilines is 1. The Morgan fingerprint density at radius 1 is 1.04 bits per heavy atom. The number of nitrogens with one attached hydrogen (secondary N) is 1. The smallest absolute Gasteiger partial charge is 0.253 e. The van der Waals surface area contributed by atoms with Crippen molar-refractivity contribution < 1.29 is 14.0 Å². The van der Waals surface area contributed by atoms with Gasteiger partial charge in [-0.3, -0.25) is 9.59 Å². The number of likely N-dealkylation sites (tertiary alicyclic amines) is 1. The van der Waals surface area contributed by atoms with Gasteiger partial charge in [0.15, 0.2) is 0 Å². The van der Waals surface area contributed by atoms with Crippen molar-refractivity contribution >= 4 is 33.4 Å². The maximum Gasteiger partial charge on any atom is 0.253 e. The number of hydrogen-bond acceptors (Lipinski definition) is 2. The third kappa shape index (κ3) is 4.25. The molecule has 0 atom stereocenters. The summed E-state index contributed by atoms with van der Waals surface area (Å²) in [5.41, 5.74) is 1.22. The molecule has 0 bridgehead atoms. The van der Waals surface area contributed by atoms with E-state index in [2.05, 4.69) is 21.2 Å². The number of piperidine rings is 1. The number of nitrogens with zero attached hydrogens (tertiary/aromatic N) is 1. The first-order chi connectivity index (χ1) is 12.0. The molecule has 130 valence electrons. The van der Waals surface area contributed by atoms with E-state index in [1.165, 1.54) is 24.3 Å². The lowest BCUT2D eigenvalue weighted by atomic mass is 9.95. The number of carbonyl (C=O) groups excluding carboxylic acids is 2. The molecule has 1 saturated heterocycles. The largest absolute Gasteiger partial charge is 0.339 e. The van der Waals surface area contributed by atoms with Crippen LogP contribution in [0.15, 0.2) is 53.0 Å². The number of halogens is 2. The predicted octanol–water partition coefficient (Wildman–Crippen LogP) is 4.08. The molecule has 0 aromatic heterocycles. The van der Waals surface area contributed by atoms with Crippen molar-refractivity contribution in [3.05, 3.63) is 64.4 Å². The Morgan fingerprint density at radius 2 is 1.68 bits per heavy atom. The van der Waals surface area contributed by atoms with E-state index in [1.54, 1.807) is 4.90 Å². The lowest BCUT2D eigenvalue weighted by molar-refractivity contribution is -0.121. The van der Waals surface area contributed by atoms with Gasteiger partial charge in [0, 0.05) is 29.0 Å². The summed E-state index contributed by atoms with van der Waals surface area (Å²) in [5.74, 6) is -0.631. The Hall–Kier alpha value is -2.21. The van der Waals surface area contributed by atoms with Crippen molar-refractivity contribution in [2.24, 2.45) is 5.92 Å². The van der Waals surface area contributed by atoms with E-state index in [1.807, 2.05) is 24.3 Å². The summed E-state index contributed by atoms with van der Waals surface area (Å²) in [4.78, 5) is 26.6. The Kier molecular flexibility index (Phi) is 5.48. The highest BCUT2D eigenvalue weighted by Gasteiger charge is 2.28. The molecule has 0 aliphatic carbocycles. The lowest BCUT2D eigenvalue weighted by Crippen LogP contribution is -2.41. The normalized spacial score (nSPS) is 15.0. The third-order valence-corrected chi connectivity index (χ3v) is 5.07. The molecule has 1 aliphatic heterocycles. The molecule has 4 nitrogen and oxygen atoms in total. The van der Waals surface area contributed by atoms with Crippen molar-refractivity contribution in [2.45, 2.75) is 12.8 Å². The van der Waals surface area contributed by atoms with Crippen LogP contribution in [0.2, 0.25) is 0 Å². The van der Waals surface area contributed by atoms with E-state index in [0.717, 1.165) is 10.2 Å². The van der Waals surface area contributed by atoms with Gasteiger partial charge >= 0.3 is 0 Å². The van der Waals surface area contributed by atoms with Gasteiger partial charge in [-0.05, 0) is 65.2 Å². The van der Waals surface area contributed by atoms with Gasteiger partial charge in [-0.15, -0.1) is 0 Å². The van der Waals surface area contributed by atoms with Crippen molar-refractivity contribution in [3.8, 4) is 0 Å². The standard InChI is InChI=1S/C19H18BrFN2O2/c20-16-3-1-2-4-17(16)22-18(24)13-9-11-23(12-10-13)19(25)14-5-7-15(21)8-6-14/h1-8,13H,9-12H2,(H,22,24). The van der Waals surface area contributed by atoms with E-state index >= 15 is 0 Å². The molecule has 1 fully saturated rings. The summed E-state index contributed by atoms with van der Waals surface area (Å²) < 4.78 is 13.8. The number of amides is 2. The monoisotopic (exact) mass is 404 g/mol. The lowest BCUT2D eigenvalue weighted by Gasteiger charge is -2.31. The average molecular weight is 405 g/mol. The number of benzene rings is 2. The Bertz CT molecular complexity index is 771. The number of para-hydroxylation sites is 1. The van der Waals surface area contributed by atoms with Crippen molar-refractivity contribution in [1.82, 2.24) is 4.90 Å². The van der Waals surface area contributed by atoms with Gasteiger partial charge in [0.2, 0.25) is 5.91 Å². The Labute approximate surface area is 154 Å². The van der Waals surface area contributed by atoms with Gasteiger partial charge in [-0.2, -0.15) is 0 Å². The van der Waals surface area contributed by atoms with Gasteiger partial charge in [-0.25, -0.2) is 4.39 Å². The minimum absolute atomic E-state index is 0.0271. The highest BCUT2D eigenvalue weighted by molar-refractivity contribution is 9.10. The van der Waals surface area contributed by atoms with Gasteiger partial charge in [0.05, 0.1) is 5.69 Å². The fraction of sp³-hybridized carbons (Fsp3) is 0.263. The molecule has 2 aromatic rings. The van der Waals surface area contributed by atoms with Crippen molar-refractivity contribution in [1.29, 1.82) is 0 Å². The van der Waals surface area contributed by atoms with Crippen molar-refractivity contribution in [3.63, 3.8) is 0 Å². The van der Waals surface area contributed by atoms with E-state index in [9.17, 15) is 14.0 Å². The molecular formula is C19H18BrFN2O2. The SMILES string of the molecule is O=C(Nc1ccccc1Br)C1CCN(C(=O)c2ccc(F)cc2)CC1. The summed E-state index contributed by atoms with van der Waals surface area (Å²) in [7, 11) is 0. The molecule has 2 aromatic carbocycles. The first-order valence-corrected chi connectivity index (χ1v) is 8.94. The third-order valence-electron chi connectivity index (χ3n) is 4.38. The molecular weight excluding hydrogens is 387 g/mol. The first-order valence-electron chi connectivity index (χ1n) is 8.15. The zero-order chi connectivity index (χ0) is 17.8. The second-order valence-corrected chi connectivity index (χ2v) is 6.90. The molecule has 1 N–H and O–H groups in total. The molecule has 2 amide bonds. The predicted molar refractivity (Wildman–Crippen MR) is 97.8 cm³/mol. The highest BCUT2D eigenvalue weighted by Crippen LogP contribution is 2.25.